The van der Waals surface area contributed by atoms with E-state index in [4.69, 9.17) is 12.2 Å². The van der Waals surface area contributed by atoms with Crippen LogP contribution in [-0.4, -0.2) is 0 Å². The summed E-state index contributed by atoms with van der Waals surface area (Å²) in [7, 11) is 0. The SMILES string of the molecule is C#Cc1c(N)cc(F)c(F)c1F. The average molecular weight is 171 g/mol. The smallest absolute Gasteiger partial charge is 0.195 e. The maximum Gasteiger partial charge on any atom is 0.195 e. The van der Waals surface area contributed by atoms with E-state index in [9.17, 15) is 13.2 Å². The number of hydrogen-bond donors (Lipinski definition) is 1. The molecule has 0 saturated carbocycles. The van der Waals surface area contributed by atoms with Gasteiger partial charge in [0.05, 0.1) is 11.3 Å². The fraction of sp³-hybridized carbons (Fsp3) is 0. The predicted molar refractivity (Wildman–Crippen MR) is 38.7 cm³/mol. The summed E-state index contributed by atoms with van der Waals surface area (Å²) in [5.41, 5.74) is 4.38. The summed E-state index contributed by atoms with van der Waals surface area (Å²) in [5, 5.41) is 0. The highest BCUT2D eigenvalue weighted by Gasteiger charge is 2.15. The van der Waals surface area contributed by atoms with Gasteiger partial charge < -0.3 is 5.73 Å². The lowest BCUT2D eigenvalue weighted by Gasteiger charge is -2.01. The summed E-state index contributed by atoms with van der Waals surface area (Å²) in [4.78, 5) is 0. The minimum atomic E-state index is -1.60. The van der Waals surface area contributed by atoms with Crippen LogP contribution in [0, 0.1) is 29.8 Å². The average Bonchev–Trinajstić information content (AvgIpc) is 2.01. The Labute approximate surface area is 67.0 Å². The lowest BCUT2D eigenvalue weighted by atomic mass is 10.1. The molecule has 2 N–H and O–H groups in total. The first-order valence-electron chi connectivity index (χ1n) is 2.97. The van der Waals surface area contributed by atoms with Crippen LogP contribution < -0.4 is 5.73 Å². The van der Waals surface area contributed by atoms with Crippen LogP contribution >= 0.6 is 0 Å². The Balaban J connectivity index is 3.54. The summed E-state index contributed by atoms with van der Waals surface area (Å²) >= 11 is 0. The fourth-order valence-electron chi connectivity index (χ4n) is 0.760. The van der Waals surface area contributed by atoms with Gasteiger partial charge in [-0.25, -0.2) is 13.2 Å². The number of benzene rings is 1. The number of nitrogens with two attached hydrogens (primary N) is 1. The van der Waals surface area contributed by atoms with Crippen molar-refractivity contribution in [3.8, 4) is 12.3 Å². The maximum absolute atomic E-state index is 12.7. The molecule has 0 aliphatic rings. The Morgan fingerprint density at radius 1 is 1.25 bits per heavy atom. The summed E-state index contributed by atoms with van der Waals surface area (Å²) in [6, 6.07) is 0.646. The standard InChI is InChI=1S/C8H4F3N/c1-2-4-6(12)3-5(9)8(11)7(4)10/h1,3H,12H2. The van der Waals surface area contributed by atoms with Gasteiger partial charge in [0.15, 0.2) is 17.5 Å². The van der Waals surface area contributed by atoms with Crippen LogP contribution in [0.2, 0.25) is 0 Å². The Kier molecular flexibility index (Phi) is 1.96. The van der Waals surface area contributed by atoms with Gasteiger partial charge in [-0.15, -0.1) is 6.42 Å². The number of rotatable bonds is 0. The highest BCUT2D eigenvalue weighted by atomic mass is 19.2. The summed E-state index contributed by atoms with van der Waals surface area (Å²) in [6.07, 6.45) is 4.81. The first-order valence-corrected chi connectivity index (χ1v) is 2.97. The zero-order valence-corrected chi connectivity index (χ0v) is 5.87. The molecule has 1 aromatic rings. The molecule has 0 aromatic heterocycles. The van der Waals surface area contributed by atoms with Crippen LogP contribution in [0.4, 0.5) is 18.9 Å². The van der Waals surface area contributed by atoms with E-state index >= 15 is 0 Å². The van der Waals surface area contributed by atoms with Crippen molar-refractivity contribution in [1.82, 2.24) is 0 Å². The van der Waals surface area contributed by atoms with Gasteiger partial charge in [-0.3, -0.25) is 0 Å². The minimum Gasteiger partial charge on any atom is -0.398 e. The van der Waals surface area contributed by atoms with E-state index in [0.717, 1.165) is 0 Å². The van der Waals surface area contributed by atoms with Crippen molar-refractivity contribution in [3.05, 3.63) is 29.1 Å². The fourth-order valence-corrected chi connectivity index (χ4v) is 0.760. The van der Waals surface area contributed by atoms with Gasteiger partial charge in [0.2, 0.25) is 0 Å². The van der Waals surface area contributed by atoms with Crippen molar-refractivity contribution in [2.75, 3.05) is 5.73 Å². The second-order valence-corrected chi connectivity index (χ2v) is 2.09. The molecule has 0 spiro atoms. The molecule has 0 bridgehead atoms. The number of hydrogen-bond acceptors (Lipinski definition) is 1. The number of halogens is 3. The zero-order valence-electron chi connectivity index (χ0n) is 5.87. The van der Waals surface area contributed by atoms with Gasteiger partial charge in [-0.2, -0.15) is 0 Å². The van der Waals surface area contributed by atoms with Gasteiger partial charge in [0.25, 0.3) is 0 Å². The highest BCUT2D eigenvalue weighted by Crippen LogP contribution is 2.20. The topological polar surface area (TPSA) is 26.0 Å². The first-order chi connectivity index (χ1) is 5.57. The number of nitrogen functional groups attached to an aromatic ring is 1. The molecular formula is C8H4F3N. The molecule has 1 nitrogen and oxygen atoms in total. The summed E-state index contributed by atoms with van der Waals surface area (Å²) < 4.78 is 37.5. The molecule has 12 heavy (non-hydrogen) atoms. The lowest BCUT2D eigenvalue weighted by Crippen LogP contribution is -2.00. The molecule has 0 saturated heterocycles. The largest absolute Gasteiger partial charge is 0.398 e. The second-order valence-electron chi connectivity index (χ2n) is 2.09. The second kappa shape index (κ2) is 2.78. The van der Waals surface area contributed by atoms with E-state index in [0.29, 0.717) is 6.07 Å². The summed E-state index contributed by atoms with van der Waals surface area (Å²) in [5.74, 6) is -2.54. The monoisotopic (exact) mass is 171 g/mol. The predicted octanol–water partition coefficient (Wildman–Crippen LogP) is 1.67. The van der Waals surface area contributed by atoms with E-state index in [2.05, 4.69) is 0 Å². The molecule has 0 heterocycles. The summed E-state index contributed by atoms with van der Waals surface area (Å²) in [6.45, 7) is 0. The molecule has 1 aromatic carbocycles. The molecule has 0 amide bonds. The van der Waals surface area contributed by atoms with E-state index < -0.39 is 23.0 Å². The third kappa shape index (κ3) is 1.10. The van der Waals surface area contributed by atoms with Crippen molar-refractivity contribution in [3.63, 3.8) is 0 Å². The van der Waals surface area contributed by atoms with Crippen LogP contribution in [0.5, 0.6) is 0 Å². The molecule has 4 heteroatoms. The molecule has 0 fully saturated rings. The highest BCUT2D eigenvalue weighted by molar-refractivity contribution is 5.56. The molecule has 0 atom stereocenters. The Morgan fingerprint density at radius 2 is 1.83 bits per heavy atom. The van der Waals surface area contributed by atoms with Crippen molar-refractivity contribution in [2.24, 2.45) is 0 Å². The van der Waals surface area contributed by atoms with Gasteiger partial charge in [-0.1, -0.05) is 5.92 Å². The number of anilines is 1. The van der Waals surface area contributed by atoms with Crippen LogP contribution in [0.1, 0.15) is 5.56 Å². The quantitative estimate of drug-likeness (QED) is 0.358. The molecular weight excluding hydrogens is 167 g/mol. The maximum atomic E-state index is 12.7. The third-order valence-corrected chi connectivity index (χ3v) is 1.34. The van der Waals surface area contributed by atoms with Gasteiger partial charge in [0, 0.05) is 6.07 Å². The minimum absolute atomic E-state index is 0.283. The van der Waals surface area contributed by atoms with E-state index in [1.807, 2.05) is 5.92 Å². The van der Waals surface area contributed by atoms with Crippen molar-refractivity contribution in [1.29, 1.82) is 0 Å². The molecule has 0 aliphatic heterocycles. The van der Waals surface area contributed by atoms with E-state index in [-0.39, 0.29) is 5.69 Å². The van der Waals surface area contributed by atoms with Gasteiger partial charge >= 0.3 is 0 Å². The van der Waals surface area contributed by atoms with Gasteiger partial charge in [0.1, 0.15) is 0 Å². The number of terminal acetylenes is 1. The van der Waals surface area contributed by atoms with E-state index in [1.165, 1.54) is 0 Å². The molecule has 1 rings (SSSR count). The van der Waals surface area contributed by atoms with Crippen molar-refractivity contribution < 1.29 is 13.2 Å². The Bertz CT molecular complexity index is 366. The van der Waals surface area contributed by atoms with E-state index in [1.54, 1.807) is 0 Å². The molecule has 62 valence electrons. The first kappa shape index (κ1) is 8.47. The van der Waals surface area contributed by atoms with Crippen molar-refractivity contribution >= 4 is 5.69 Å². The van der Waals surface area contributed by atoms with Crippen LogP contribution in [0.25, 0.3) is 0 Å². The Hall–Kier alpha value is -1.63. The molecule has 0 aliphatic carbocycles. The molecule has 0 radical (unpaired) electrons. The molecule has 0 unspecified atom stereocenters. The van der Waals surface area contributed by atoms with Gasteiger partial charge in [-0.05, 0) is 0 Å². The lowest BCUT2D eigenvalue weighted by molar-refractivity contribution is 0.446. The third-order valence-electron chi connectivity index (χ3n) is 1.34. The Morgan fingerprint density at radius 3 is 2.33 bits per heavy atom. The van der Waals surface area contributed by atoms with Crippen LogP contribution in [0.15, 0.2) is 6.07 Å². The zero-order chi connectivity index (χ0) is 9.30. The normalized spacial score (nSPS) is 9.50. The van der Waals surface area contributed by atoms with Crippen LogP contribution in [-0.2, 0) is 0 Å². The van der Waals surface area contributed by atoms with Crippen molar-refractivity contribution in [2.45, 2.75) is 0 Å². The van der Waals surface area contributed by atoms with Crippen LogP contribution in [0.3, 0.4) is 0 Å².